The zero-order valence-corrected chi connectivity index (χ0v) is 11.6. The molecule has 1 amide bonds. The molecule has 1 aromatic heterocycles. The Morgan fingerprint density at radius 1 is 1.37 bits per heavy atom. The molecule has 4 nitrogen and oxygen atoms in total. The van der Waals surface area contributed by atoms with Gasteiger partial charge in [-0.25, -0.2) is 0 Å². The first kappa shape index (κ1) is 13.6. The highest BCUT2D eigenvalue weighted by molar-refractivity contribution is 5.89. The Labute approximate surface area is 113 Å². The van der Waals surface area contributed by atoms with Crippen molar-refractivity contribution in [1.29, 1.82) is 0 Å². The van der Waals surface area contributed by atoms with Gasteiger partial charge in [0.25, 0.3) is 0 Å². The van der Waals surface area contributed by atoms with E-state index in [-0.39, 0.29) is 12.5 Å². The Morgan fingerprint density at radius 3 is 2.74 bits per heavy atom. The molecule has 1 aromatic carbocycles. The topological polar surface area (TPSA) is 54.3 Å². The molecule has 0 radical (unpaired) electrons. The van der Waals surface area contributed by atoms with Crippen molar-refractivity contribution < 1.29 is 9.90 Å². The fourth-order valence-electron chi connectivity index (χ4n) is 2.20. The molecular weight excluding hydrogens is 240 g/mol. The maximum atomic E-state index is 12.0. The van der Waals surface area contributed by atoms with E-state index in [2.05, 4.69) is 5.32 Å². The normalized spacial score (nSPS) is 11.8. The summed E-state index contributed by atoms with van der Waals surface area (Å²) in [7, 11) is 1.97. The van der Waals surface area contributed by atoms with E-state index >= 15 is 0 Å². The molecule has 102 valence electrons. The van der Waals surface area contributed by atoms with Gasteiger partial charge >= 0.3 is 0 Å². The van der Waals surface area contributed by atoms with Gasteiger partial charge in [0.15, 0.2) is 0 Å². The first-order chi connectivity index (χ1) is 8.93. The molecule has 0 aliphatic rings. The average Bonchev–Trinajstić information content (AvgIpc) is 2.66. The first-order valence-electron chi connectivity index (χ1n) is 6.38. The van der Waals surface area contributed by atoms with E-state index in [4.69, 9.17) is 5.11 Å². The van der Waals surface area contributed by atoms with Crippen molar-refractivity contribution in [3.8, 4) is 0 Å². The number of rotatable bonds is 4. The second kappa shape index (κ2) is 5.05. The standard InChI is InChI=1S/C15H20N2O2/c1-15(2,10-18)16-14(19)8-11-9-17(3)13-7-5-4-6-12(11)13/h4-7,9,18H,8,10H2,1-3H3,(H,16,19). The maximum Gasteiger partial charge on any atom is 0.224 e. The van der Waals surface area contributed by atoms with Crippen LogP contribution in [-0.2, 0) is 18.3 Å². The number of hydrogen-bond donors (Lipinski definition) is 2. The quantitative estimate of drug-likeness (QED) is 0.877. The molecule has 1 heterocycles. The van der Waals surface area contributed by atoms with Crippen molar-refractivity contribution in [3.63, 3.8) is 0 Å². The van der Waals surface area contributed by atoms with Crippen LogP contribution in [0.5, 0.6) is 0 Å². The van der Waals surface area contributed by atoms with Gasteiger partial charge in [0.05, 0.1) is 18.6 Å². The summed E-state index contributed by atoms with van der Waals surface area (Å²) < 4.78 is 2.02. The molecule has 0 spiro atoms. The van der Waals surface area contributed by atoms with Crippen molar-refractivity contribution in [2.45, 2.75) is 25.8 Å². The van der Waals surface area contributed by atoms with Crippen LogP contribution in [-0.4, -0.2) is 27.7 Å². The van der Waals surface area contributed by atoms with E-state index in [1.807, 2.05) is 42.1 Å². The van der Waals surface area contributed by atoms with Gasteiger partial charge in [-0.1, -0.05) is 18.2 Å². The van der Waals surface area contributed by atoms with Crippen LogP contribution in [0.25, 0.3) is 10.9 Å². The number of hydrogen-bond acceptors (Lipinski definition) is 2. The molecule has 19 heavy (non-hydrogen) atoms. The summed E-state index contributed by atoms with van der Waals surface area (Å²) >= 11 is 0. The number of aliphatic hydroxyl groups is 1. The van der Waals surface area contributed by atoms with Crippen LogP contribution >= 0.6 is 0 Å². The minimum Gasteiger partial charge on any atom is -0.394 e. The SMILES string of the molecule is Cn1cc(CC(=O)NC(C)(C)CO)c2ccccc21. The van der Waals surface area contributed by atoms with Gasteiger partial charge in [-0.15, -0.1) is 0 Å². The molecule has 2 aromatic rings. The van der Waals surface area contributed by atoms with Crippen LogP contribution in [0.4, 0.5) is 0 Å². The van der Waals surface area contributed by atoms with Crippen molar-refractivity contribution in [2.24, 2.45) is 7.05 Å². The third kappa shape index (κ3) is 2.96. The summed E-state index contributed by atoms with van der Waals surface area (Å²) in [5.41, 5.74) is 1.54. The molecule has 0 fully saturated rings. The Bertz CT molecular complexity index is 599. The Hall–Kier alpha value is -1.81. The lowest BCUT2D eigenvalue weighted by molar-refractivity contribution is -0.122. The van der Waals surface area contributed by atoms with E-state index in [9.17, 15) is 4.79 Å². The third-order valence-corrected chi connectivity index (χ3v) is 3.20. The molecule has 4 heteroatoms. The summed E-state index contributed by atoms with van der Waals surface area (Å²) in [6.45, 7) is 3.52. The van der Waals surface area contributed by atoms with Crippen LogP contribution in [0.1, 0.15) is 19.4 Å². The summed E-state index contributed by atoms with van der Waals surface area (Å²) in [4.78, 5) is 12.0. The van der Waals surface area contributed by atoms with Crippen LogP contribution in [0.3, 0.4) is 0 Å². The lowest BCUT2D eigenvalue weighted by Gasteiger charge is -2.23. The number of nitrogens with zero attached hydrogens (tertiary/aromatic N) is 1. The highest BCUT2D eigenvalue weighted by atomic mass is 16.3. The average molecular weight is 260 g/mol. The Kier molecular flexibility index (Phi) is 3.62. The van der Waals surface area contributed by atoms with Crippen LogP contribution in [0.2, 0.25) is 0 Å². The second-order valence-electron chi connectivity index (χ2n) is 5.55. The number of carbonyl (C=O) groups is 1. The van der Waals surface area contributed by atoms with Crippen LogP contribution in [0.15, 0.2) is 30.5 Å². The summed E-state index contributed by atoms with van der Waals surface area (Å²) in [5.74, 6) is -0.0737. The molecule has 0 unspecified atom stereocenters. The predicted molar refractivity (Wildman–Crippen MR) is 75.9 cm³/mol. The number of para-hydroxylation sites is 1. The van der Waals surface area contributed by atoms with Crippen molar-refractivity contribution in [1.82, 2.24) is 9.88 Å². The smallest absolute Gasteiger partial charge is 0.224 e. The zero-order chi connectivity index (χ0) is 14.0. The molecule has 0 aliphatic carbocycles. The van der Waals surface area contributed by atoms with Gasteiger partial charge < -0.3 is 15.0 Å². The molecule has 0 bridgehead atoms. The van der Waals surface area contributed by atoms with Crippen molar-refractivity contribution in [2.75, 3.05) is 6.61 Å². The largest absolute Gasteiger partial charge is 0.394 e. The molecule has 0 aliphatic heterocycles. The lowest BCUT2D eigenvalue weighted by Crippen LogP contribution is -2.46. The minimum absolute atomic E-state index is 0.0737. The van der Waals surface area contributed by atoms with Gasteiger partial charge in [0, 0.05) is 24.1 Å². The molecule has 2 rings (SSSR count). The van der Waals surface area contributed by atoms with Gasteiger partial charge in [0.2, 0.25) is 5.91 Å². The first-order valence-corrected chi connectivity index (χ1v) is 6.38. The van der Waals surface area contributed by atoms with Crippen LogP contribution in [0, 0.1) is 0 Å². The summed E-state index contributed by atoms with van der Waals surface area (Å²) in [5, 5.41) is 13.1. The monoisotopic (exact) mass is 260 g/mol. The van der Waals surface area contributed by atoms with E-state index < -0.39 is 5.54 Å². The molecule has 0 saturated heterocycles. The fourth-order valence-corrected chi connectivity index (χ4v) is 2.20. The molecule has 0 saturated carbocycles. The van der Waals surface area contributed by atoms with Crippen molar-refractivity contribution in [3.05, 3.63) is 36.0 Å². The number of carbonyl (C=O) groups excluding carboxylic acids is 1. The molecular formula is C15H20N2O2. The fraction of sp³-hybridized carbons (Fsp3) is 0.400. The highest BCUT2D eigenvalue weighted by Gasteiger charge is 2.20. The Morgan fingerprint density at radius 2 is 2.05 bits per heavy atom. The number of aromatic nitrogens is 1. The van der Waals surface area contributed by atoms with Gasteiger partial charge in [0.1, 0.15) is 0 Å². The Balaban J connectivity index is 2.20. The third-order valence-electron chi connectivity index (χ3n) is 3.20. The number of nitrogens with one attached hydrogen (secondary N) is 1. The van der Waals surface area contributed by atoms with E-state index in [1.54, 1.807) is 13.8 Å². The number of fused-ring (bicyclic) bond motifs is 1. The van der Waals surface area contributed by atoms with E-state index in [0.29, 0.717) is 6.42 Å². The lowest BCUT2D eigenvalue weighted by atomic mass is 10.1. The van der Waals surface area contributed by atoms with Gasteiger partial charge in [-0.2, -0.15) is 0 Å². The van der Waals surface area contributed by atoms with Crippen LogP contribution < -0.4 is 5.32 Å². The van der Waals surface area contributed by atoms with E-state index in [0.717, 1.165) is 16.5 Å². The van der Waals surface area contributed by atoms with Crippen molar-refractivity contribution >= 4 is 16.8 Å². The summed E-state index contributed by atoms with van der Waals surface area (Å²) in [6.07, 6.45) is 2.31. The second-order valence-corrected chi connectivity index (χ2v) is 5.55. The molecule has 2 N–H and O–H groups in total. The number of amides is 1. The van der Waals surface area contributed by atoms with Gasteiger partial charge in [-0.3, -0.25) is 4.79 Å². The minimum atomic E-state index is -0.582. The number of aliphatic hydroxyl groups excluding tert-OH is 1. The maximum absolute atomic E-state index is 12.0. The zero-order valence-electron chi connectivity index (χ0n) is 11.6. The number of aryl methyl sites for hydroxylation is 1. The molecule has 0 atom stereocenters. The predicted octanol–water partition coefficient (Wildman–Crippen LogP) is 1.61. The highest BCUT2D eigenvalue weighted by Crippen LogP contribution is 2.20. The van der Waals surface area contributed by atoms with Gasteiger partial charge in [-0.05, 0) is 25.5 Å². The van der Waals surface area contributed by atoms with E-state index in [1.165, 1.54) is 0 Å². The summed E-state index contributed by atoms with van der Waals surface area (Å²) in [6, 6.07) is 8.02. The number of benzene rings is 1.